The van der Waals surface area contributed by atoms with Crippen molar-refractivity contribution in [2.75, 3.05) is 0 Å². The number of nitrogens with zero attached hydrogens (tertiary/aromatic N) is 3. The topological polar surface area (TPSA) is 86.1 Å². The molecule has 6 heteroatoms. The molecule has 1 saturated carbocycles. The summed E-state index contributed by atoms with van der Waals surface area (Å²) in [6.07, 6.45) is 1.02. The number of aliphatic carboxylic acids is 1. The van der Waals surface area contributed by atoms with Gasteiger partial charge in [-0.25, -0.2) is 4.39 Å². The molecule has 2 rings (SSSR count). The summed E-state index contributed by atoms with van der Waals surface area (Å²) in [7, 11) is 0. The van der Waals surface area contributed by atoms with Gasteiger partial charge in [-0.2, -0.15) is 0 Å². The van der Waals surface area contributed by atoms with Gasteiger partial charge in [0.2, 0.25) is 0 Å². The summed E-state index contributed by atoms with van der Waals surface area (Å²) < 4.78 is 12.9. The molecule has 5 nitrogen and oxygen atoms in total. The molecule has 0 heterocycles. The van der Waals surface area contributed by atoms with Gasteiger partial charge < -0.3 is 5.11 Å². The van der Waals surface area contributed by atoms with E-state index in [1.54, 1.807) is 12.1 Å². The second-order valence-electron chi connectivity index (χ2n) is 4.37. The van der Waals surface area contributed by atoms with Crippen LogP contribution < -0.4 is 0 Å². The van der Waals surface area contributed by atoms with E-state index in [-0.39, 0.29) is 17.8 Å². The molecule has 0 aliphatic heterocycles. The number of rotatable bonds is 3. The lowest BCUT2D eigenvalue weighted by Gasteiger charge is -2.20. The molecule has 1 aromatic rings. The fraction of sp³-hybridized carbons (Fsp3) is 0.417. The Kier molecular flexibility index (Phi) is 3.48. The summed E-state index contributed by atoms with van der Waals surface area (Å²) in [6, 6.07) is 5.32. The Labute approximate surface area is 103 Å². The van der Waals surface area contributed by atoms with Crippen LogP contribution in [0.25, 0.3) is 10.4 Å². The van der Waals surface area contributed by atoms with Gasteiger partial charge in [0, 0.05) is 16.9 Å². The number of carboxylic acids is 1. The first-order valence-electron chi connectivity index (χ1n) is 5.66. The Morgan fingerprint density at radius 1 is 1.39 bits per heavy atom. The third-order valence-electron chi connectivity index (χ3n) is 3.39. The van der Waals surface area contributed by atoms with Crippen LogP contribution >= 0.6 is 0 Å². The number of benzene rings is 1. The summed E-state index contributed by atoms with van der Waals surface area (Å²) >= 11 is 0. The van der Waals surface area contributed by atoms with Crippen LogP contribution in [0.1, 0.15) is 24.3 Å². The zero-order valence-electron chi connectivity index (χ0n) is 9.53. The van der Waals surface area contributed by atoms with Crippen LogP contribution in [0.5, 0.6) is 0 Å². The number of carbonyl (C=O) groups is 1. The molecule has 0 spiro atoms. The maximum absolute atomic E-state index is 12.9. The van der Waals surface area contributed by atoms with E-state index in [2.05, 4.69) is 10.0 Å². The number of halogens is 1. The van der Waals surface area contributed by atoms with Gasteiger partial charge in [-0.05, 0) is 36.1 Å². The molecule has 0 radical (unpaired) electrons. The van der Waals surface area contributed by atoms with Crippen LogP contribution in [0.4, 0.5) is 4.39 Å². The predicted molar refractivity (Wildman–Crippen MR) is 62.4 cm³/mol. The summed E-state index contributed by atoms with van der Waals surface area (Å²) in [5.74, 6) is -2.23. The van der Waals surface area contributed by atoms with Gasteiger partial charge in [0.15, 0.2) is 0 Å². The van der Waals surface area contributed by atoms with Crippen LogP contribution in [0, 0.1) is 11.7 Å². The fourth-order valence-corrected chi connectivity index (χ4v) is 2.59. The van der Waals surface area contributed by atoms with Gasteiger partial charge in [-0.3, -0.25) is 4.79 Å². The molecule has 3 unspecified atom stereocenters. The molecule has 3 atom stereocenters. The van der Waals surface area contributed by atoms with Gasteiger partial charge in [-0.15, -0.1) is 0 Å². The van der Waals surface area contributed by atoms with E-state index in [1.807, 2.05) is 0 Å². The van der Waals surface area contributed by atoms with Crippen molar-refractivity contribution in [3.8, 4) is 0 Å². The Hall–Kier alpha value is -2.07. The van der Waals surface area contributed by atoms with Crippen molar-refractivity contribution in [3.05, 3.63) is 46.1 Å². The van der Waals surface area contributed by atoms with Crippen molar-refractivity contribution in [2.45, 2.75) is 24.8 Å². The largest absolute Gasteiger partial charge is 0.481 e. The van der Waals surface area contributed by atoms with Crippen molar-refractivity contribution in [1.82, 2.24) is 0 Å². The third kappa shape index (κ3) is 2.28. The Balaban J connectivity index is 2.36. The minimum absolute atomic E-state index is 0.371. The zero-order valence-corrected chi connectivity index (χ0v) is 9.53. The quantitative estimate of drug-likeness (QED) is 0.507. The van der Waals surface area contributed by atoms with Gasteiger partial charge in [0.25, 0.3) is 0 Å². The number of hydrogen-bond acceptors (Lipinski definition) is 2. The lowest BCUT2D eigenvalue weighted by molar-refractivity contribution is -0.142. The van der Waals surface area contributed by atoms with E-state index >= 15 is 0 Å². The van der Waals surface area contributed by atoms with Crippen LogP contribution in [0.2, 0.25) is 0 Å². The third-order valence-corrected chi connectivity index (χ3v) is 3.39. The van der Waals surface area contributed by atoms with Gasteiger partial charge >= 0.3 is 5.97 Å². The second kappa shape index (κ2) is 5.06. The highest BCUT2D eigenvalue weighted by atomic mass is 19.1. The van der Waals surface area contributed by atoms with Crippen LogP contribution in [0.3, 0.4) is 0 Å². The first-order valence-corrected chi connectivity index (χ1v) is 5.66. The molecule has 1 aliphatic carbocycles. The summed E-state index contributed by atoms with van der Waals surface area (Å²) in [6.45, 7) is 0. The van der Waals surface area contributed by atoms with Crippen molar-refractivity contribution in [2.24, 2.45) is 11.0 Å². The molecule has 0 saturated heterocycles. The molecule has 1 fully saturated rings. The maximum atomic E-state index is 12.9. The predicted octanol–water partition coefficient (Wildman–Crippen LogP) is 3.08. The van der Waals surface area contributed by atoms with Gasteiger partial charge in [0.1, 0.15) is 5.82 Å². The molecule has 18 heavy (non-hydrogen) atoms. The molecular formula is C12H12FN3O2. The van der Waals surface area contributed by atoms with E-state index in [0.29, 0.717) is 18.4 Å². The van der Waals surface area contributed by atoms with Crippen molar-refractivity contribution in [3.63, 3.8) is 0 Å². The van der Waals surface area contributed by atoms with Gasteiger partial charge in [-0.1, -0.05) is 17.2 Å². The molecule has 0 amide bonds. The number of carboxylic acid groups (broad SMARTS) is 1. The number of hydrogen-bond donors (Lipinski definition) is 1. The molecule has 0 aromatic heterocycles. The van der Waals surface area contributed by atoms with Crippen LogP contribution in [-0.2, 0) is 4.79 Å². The monoisotopic (exact) mass is 249 g/mol. The van der Waals surface area contributed by atoms with Crippen molar-refractivity contribution in [1.29, 1.82) is 0 Å². The highest BCUT2D eigenvalue weighted by Crippen LogP contribution is 2.41. The molecule has 1 N–H and O–H groups in total. The van der Waals surface area contributed by atoms with E-state index < -0.39 is 11.9 Å². The minimum atomic E-state index is -0.903. The standard InChI is InChI=1S/C12H12FN3O2/c13-8-3-1-7(2-4-8)11-9(12(17)18)5-6-10(11)15-16-14/h1-4,9-11H,5-6H2,(H,17,18). The average Bonchev–Trinajstić information content (AvgIpc) is 2.75. The lowest BCUT2D eigenvalue weighted by Crippen LogP contribution is -2.22. The smallest absolute Gasteiger partial charge is 0.307 e. The van der Waals surface area contributed by atoms with Gasteiger partial charge in [0.05, 0.1) is 5.92 Å². The maximum Gasteiger partial charge on any atom is 0.307 e. The fourth-order valence-electron chi connectivity index (χ4n) is 2.59. The van der Waals surface area contributed by atoms with Crippen LogP contribution in [-0.4, -0.2) is 17.1 Å². The average molecular weight is 249 g/mol. The highest BCUT2D eigenvalue weighted by Gasteiger charge is 2.40. The Morgan fingerprint density at radius 3 is 2.61 bits per heavy atom. The molecule has 1 aromatic carbocycles. The summed E-state index contributed by atoms with van der Waals surface area (Å²) in [5, 5.41) is 12.8. The molecule has 0 bridgehead atoms. The van der Waals surface area contributed by atoms with Crippen molar-refractivity contribution >= 4 is 5.97 Å². The van der Waals surface area contributed by atoms with Crippen molar-refractivity contribution < 1.29 is 14.3 Å². The lowest BCUT2D eigenvalue weighted by atomic mass is 9.87. The Morgan fingerprint density at radius 2 is 2.06 bits per heavy atom. The molecular weight excluding hydrogens is 237 g/mol. The first kappa shape index (κ1) is 12.4. The first-order chi connectivity index (χ1) is 8.63. The van der Waals surface area contributed by atoms with Crippen LogP contribution in [0.15, 0.2) is 29.4 Å². The normalized spacial score (nSPS) is 26.6. The van der Waals surface area contributed by atoms with E-state index in [4.69, 9.17) is 5.53 Å². The zero-order chi connectivity index (χ0) is 13.1. The molecule has 1 aliphatic rings. The van der Waals surface area contributed by atoms with E-state index in [9.17, 15) is 14.3 Å². The highest BCUT2D eigenvalue weighted by molar-refractivity contribution is 5.72. The second-order valence-corrected chi connectivity index (χ2v) is 4.37. The minimum Gasteiger partial charge on any atom is -0.481 e. The summed E-state index contributed by atoms with van der Waals surface area (Å²) in [4.78, 5) is 14.0. The summed E-state index contributed by atoms with van der Waals surface area (Å²) in [5.41, 5.74) is 9.22. The van der Waals surface area contributed by atoms with E-state index in [0.717, 1.165) is 0 Å². The Bertz CT molecular complexity index is 487. The number of azide groups is 1. The van der Waals surface area contributed by atoms with E-state index in [1.165, 1.54) is 12.1 Å². The molecule has 94 valence electrons. The SMILES string of the molecule is [N-]=[N+]=NC1CCC(C(=O)O)C1c1ccc(F)cc1.